The molecule has 0 heterocycles. The number of alkyl halides is 2. The molecule has 0 amide bonds. The predicted octanol–water partition coefficient (Wildman–Crippen LogP) is 3.19. The zero-order chi connectivity index (χ0) is 12.1. The van der Waals surface area contributed by atoms with E-state index in [4.69, 9.17) is 10.5 Å². The minimum Gasteiger partial charge on any atom is -0.206 e. The third kappa shape index (κ3) is 2.40. The van der Waals surface area contributed by atoms with Crippen molar-refractivity contribution in [1.29, 1.82) is 10.5 Å². The van der Waals surface area contributed by atoms with Gasteiger partial charge in [-0.2, -0.15) is 10.5 Å². The van der Waals surface area contributed by atoms with Crippen LogP contribution in [0.1, 0.15) is 17.6 Å². The normalized spacial score (nSPS) is 9.38. The number of hydrogen-bond donors (Lipinski definition) is 0. The third-order valence-corrected chi connectivity index (χ3v) is 1.85. The maximum absolute atomic E-state index is 13.2. The van der Waals surface area contributed by atoms with Gasteiger partial charge in [0, 0.05) is 11.1 Å². The quantitative estimate of drug-likeness (QED) is 0.721. The predicted molar refractivity (Wildman–Crippen MR) is 50.6 cm³/mol. The first-order valence-electron chi connectivity index (χ1n) is 4.18. The number of benzene rings is 1. The van der Waals surface area contributed by atoms with Gasteiger partial charge in [0.15, 0.2) is 0 Å². The summed E-state index contributed by atoms with van der Waals surface area (Å²) in [4.78, 5) is 0. The van der Waals surface area contributed by atoms with Gasteiger partial charge in [-0.25, -0.2) is 13.2 Å². The molecule has 0 saturated carbocycles. The van der Waals surface area contributed by atoms with Crippen LogP contribution in [-0.2, 0) is 0 Å². The van der Waals surface area contributed by atoms with Gasteiger partial charge in [0.1, 0.15) is 23.5 Å². The number of nitrogens with zero attached hydrogens (tertiary/aromatic N) is 2. The summed E-state index contributed by atoms with van der Waals surface area (Å²) in [5.74, 6) is -0.888. The molecule has 1 aromatic rings. The molecule has 1 rings (SSSR count). The van der Waals surface area contributed by atoms with Crippen LogP contribution in [0.4, 0.5) is 13.2 Å². The molecular weight excluding hydrogens is 217 g/mol. The topological polar surface area (TPSA) is 47.6 Å². The summed E-state index contributed by atoms with van der Waals surface area (Å²) in [7, 11) is 0. The molecule has 0 aliphatic heterocycles. The molecule has 0 radical (unpaired) electrons. The summed E-state index contributed by atoms with van der Waals surface area (Å²) in [6.45, 7) is 0. The maximum atomic E-state index is 13.2. The molecule has 1 aromatic carbocycles. The van der Waals surface area contributed by atoms with Gasteiger partial charge >= 0.3 is 0 Å². The lowest BCUT2D eigenvalue weighted by Crippen LogP contribution is -1.93. The Morgan fingerprint density at radius 2 is 1.88 bits per heavy atom. The summed E-state index contributed by atoms with van der Waals surface area (Å²) in [6.07, 6.45) is -2.04. The van der Waals surface area contributed by atoms with Gasteiger partial charge < -0.3 is 0 Å². The highest BCUT2D eigenvalue weighted by Gasteiger charge is 2.15. The second kappa shape index (κ2) is 4.99. The molecule has 5 heteroatoms. The Labute approximate surface area is 89.8 Å². The first-order valence-corrected chi connectivity index (χ1v) is 4.18. The minimum atomic E-state index is -2.86. The van der Waals surface area contributed by atoms with E-state index in [1.54, 1.807) is 0 Å². The van der Waals surface area contributed by atoms with E-state index in [-0.39, 0.29) is 0 Å². The number of nitriles is 2. The van der Waals surface area contributed by atoms with Crippen LogP contribution < -0.4 is 0 Å². The molecule has 0 bridgehead atoms. The van der Waals surface area contributed by atoms with Crippen molar-refractivity contribution in [3.05, 3.63) is 40.7 Å². The van der Waals surface area contributed by atoms with Gasteiger partial charge in [-0.15, -0.1) is 0 Å². The van der Waals surface area contributed by atoms with Gasteiger partial charge in [-0.1, -0.05) is 12.1 Å². The molecule has 16 heavy (non-hydrogen) atoms. The van der Waals surface area contributed by atoms with E-state index in [0.29, 0.717) is 0 Å². The molecule has 80 valence electrons. The van der Waals surface area contributed by atoms with Crippen molar-refractivity contribution in [2.75, 3.05) is 0 Å². The fourth-order valence-corrected chi connectivity index (χ4v) is 1.13. The highest BCUT2D eigenvalue weighted by molar-refractivity contribution is 5.64. The summed E-state index contributed by atoms with van der Waals surface area (Å²) in [6, 6.07) is 6.15. The largest absolute Gasteiger partial charge is 0.264 e. The van der Waals surface area contributed by atoms with Crippen molar-refractivity contribution >= 4 is 6.08 Å². The van der Waals surface area contributed by atoms with Crippen molar-refractivity contribution in [3.63, 3.8) is 0 Å². The number of hydrogen-bond acceptors (Lipinski definition) is 2. The second-order valence-electron chi connectivity index (χ2n) is 2.83. The highest BCUT2D eigenvalue weighted by Crippen LogP contribution is 2.26. The average molecular weight is 222 g/mol. The number of allylic oxidation sites excluding steroid dienone is 1. The maximum Gasteiger partial charge on any atom is 0.264 e. The summed E-state index contributed by atoms with van der Waals surface area (Å²) < 4.78 is 38.3. The number of rotatable bonds is 2. The van der Waals surface area contributed by atoms with E-state index < -0.39 is 28.9 Å². The van der Waals surface area contributed by atoms with Crippen LogP contribution >= 0.6 is 0 Å². The van der Waals surface area contributed by atoms with Crippen molar-refractivity contribution < 1.29 is 13.2 Å². The lowest BCUT2D eigenvalue weighted by atomic mass is 10.0. The summed E-state index contributed by atoms with van der Waals surface area (Å²) in [5.41, 5.74) is -1.38. The van der Waals surface area contributed by atoms with Crippen molar-refractivity contribution in [1.82, 2.24) is 0 Å². The van der Waals surface area contributed by atoms with E-state index in [0.717, 1.165) is 24.3 Å². The first kappa shape index (κ1) is 11.8. The van der Waals surface area contributed by atoms with Crippen molar-refractivity contribution in [2.45, 2.75) is 6.43 Å². The van der Waals surface area contributed by atoms with Crippen LogP contribution in [0.25, 0.3) is 6.08 Å². The van der Waals surface area contributed by atoms with E-state index in [9.17, 15) is 13.2 Å². The summed E-state index contributed by atoms with van der Waals surface area (Å²) >= 11 is 0. The van der Waals surface area contributed by atoms with E-state index in [1.165, 1.54) is 12.1 Å². The van der Waals surface area contributed by atoms with Crippen LogP contribution in [0.5, 0.6) is 0 Å². The van der Waals surface area contributed by atoms with E-state index >= 15 is 0 Å². The monoisotopic (exact) mass is 222 g/mol. The number of halogens is 3. The second-order valence-corrected chi connectivity index (χ2v) is 2.83. The van der Waals surface area contributed by atoms with Gasteiger partial charge in [-0.05, 0) is 12.1 Å². The van der Waals surface area contributed by atoms with Crippen LogP contribution in [-0.4, -0.2) is 0 Å². The molecular formula is C11H5F3N2. The highest BCUT2D eigenvalue weighted by atomic mass is 19.3. The molecule has 0 N–H and O–H groups in total. The third-order valence-electron chi connectivity index (χ3n) is 1.85. The van der Waals surface area contributed by atoms with Crippen molar-refractivity contribution in [3.8, 4) is 12.1 Å². The Morgan fingerprint density at radius 3 is 2.38 bits per heavy atom. The van der Waals surface area contributed by atoms with Gasteiger partial charge in [-0.3, -0.25) is 0 Å². The lowest BCUT2D eigenvalue weighted by Gasteiger charge is -2.05. The van der Waals surface area contributed by atoms with Gasteiger partial charge in [0.05, 0.1) is 0 Å². The fourth-order valence-electron chi connectivity index (χ4n) is 1.13. The molecule has 0 saturated heterocycles. The Kier molecular flexibility index (Phi) is 3.68. The first-order chi connectivity index (χ1) is 7.60. The molecule has 0 aliphatic rings. The Balaban J connectivity index is 3.39. The SMILES string of the molecule is N#CC(C#N)=Cc1c(F)cccc1C(F)F. The van der Waals surface area contributed by atoms with Crippen LogP contribution in [0.3, 0.4) is 0 Å². The molecule has 0 atom stereocenters. The average Bonchev–Trinajstić information content (AvgIpc) is 2.27. The molecule has 0 aliphatic carbocycles. The van der Waals surface area contributed by atoms with Gasteiger partial charge in [0.25, 0.3) is 6.43 Å². The van der Waals surface area contributed by atoms with Gasteiger partial charge in [0.2, 0.25) is 0 Å². The molecule has 2 nitrogen and oxygen atoms in total. The van der Waals surface area contributed by atoms with E-state index in [1.807, 2.05) is 0 Å². The Bertz CT molecular complexity index is 491. The summed E-state index contributed by atoms with van der Waals surface area (Å²) in [5, 5.41) is 16.9. The smallest absolute Gasteiger partial charge is 0.206 e. The molecule has 0 fully saturated rings. The van der Waals surface area contributed by atoms with E-state index in [2.05, 4.69) is 0 Å². The Morgan fingerprint density at radius 1 is 1.25 bits per heavy atom. The standard InChI is InChI=1S/C11H5F3N2/c12-10-3-1-2-8(11(13)14)9(10)4-7(5-15)6-16/h1-4,11H. The van der Waals surface area contributed by atoms with Crippen LogP contribution in [0.2, 0.25) is 0 Å². The van der Waals surface area contributed by atoms with Crippen molar-refractivity contribution in [2.24, 2.45) is 0 Å². The Hall–Kier alpha value is -2.27. The molecule has 0 spiro atoms. The lowest BCUT2D eigenvalue weighted by molar-refractivity contribution is 0.150. The van der Waals surface area contributed by atoms with Crippen LogP contribution in [0.15, 0.2) is 23.8 Å². The minimum absolute atomic E-state index is 0.421. The molecule has 0 aromatic heterocycles. The zero-order valence-corrected chi connectivity index (χ0v) is 7.92. The van der Waals surface area contributed by atoms with Crippen LogP contribution in [0, 0.1) is 28.5 Å². The fraction of sp³-hybridized carbons (Fsp3) is 0.0909. The molecule has 0 unspecified atom stereocenters. The zero-order valence-electron chi connectivity index (χ0n) is 7.92.